The maximum absolute atomic E-state index is 11.9. The molecule has 1 atom stereocenters. The summed E-state index contributed by atoms with van der Waals surface area (Å²) < 4.78 is 11.0. The second-order valence-corrected chi connectivity index (χ2v) is 10.2. The van der Waals surface area contributed by atoms with Gasteiger partial charge in [-0.2, -0.15) is 0 Å². The largest absolute Gasteiger partial charge is 0.548 e. The number of rotatable bonds is 5. The molecule has 4 nitrogen and oxygen atoms in total. The van der Waals surface area contributed by atoms with Crippen LogP contribution in [0.15, 0.2) is 11.8 Å². The van der Waals surface area contributed by atoms with Gasteiger partial charge in [0.1, 0.15) is 0 Å². The maximum atomic E-state index is 11.9. The second kappa shape index (κ2) is 5.89. The van der Waals surface area contributed by atoms with Crippen LogP contribution in [0.25, 0.3) is 0 Å². The predicted octanol–water partition coefficient (Wildman–Crippen LogP) is 2.45. The Morgan fingerprint density at radius 2 is 2.17 bits per heavy atom. The van der Waals surface area contributed by atoms with Gasteiger partial charge < -0.3 is 14.3 Å². The molecule has 0 fully saturated rings. The van der Waals surface area contributed by atoms with Crippen molar-refractivity contribution in [3.63, 3.8) is 0 Å². The Balaban J connectivity index is 2.71. The molecule has 5 heteroatoms. The molecular weight excluding hydrogens is 248 g/mol. The van der Waals surface area contributed by atoms with Crippen LogP contribution in [0.2, 0.25) is 19.6 Å². The Morgan fingerprint density at radius 1 is 1.50 bits per heavy atom. The molecule has 0 radical (unpaired) electrons. The molecule has 0 aromatic rings. The Morgan fingerprint density at radius 3 is 2.56 bits per heavy atom. The first-order valence-corrected chi connectivity index (χ1v) is 9.90. The molecule has 0 aliphatic heterocycles. The monoisotopic (exact) mass is 272 g/mol. The summed E-state index contributed by atoms with van der Waals surface area (Å²) in [5, 5.41) is 9.50. The summed E-state index contributed by atoms with van der Waals surface area (Å²) >= 11 is 0. The highest BCUT2D eigenvalue weighted by atomic mass is 28.4. The third kappa shape index (κ3) is 3.85. The first kappa shape index (κ1) is 15.2. The van der Waals surface area contributed by atoms with E-state index in [0.29, 0.717) is 25.9 Å². The molecule has 0 saturated heterocycles. The first-order valence-electron chi connectivity index (χ1n) is 6.49. The van der Waals surface area contributed by atoms with Gasteiger partial charge in [0.05, 0.1) is 24.4 Å². The van der Waals surface area contributed by atoms with E-state index in [2.05, 4.69) is 19.6 Å². The standard InChI is InChI=1S/C13H24O4Si/c1-5-16-12(15)13(10-14)8-6-11(7-9-13)17-18(2,3)4/h6,14H,5,7-10H2,1-4H3. The van der Waals surface area contributed by atoms with E-state index in [9.17, 15) is 9.90 Å². The Labute approximate surface area is 110 Å². The van der Waals surface area contributed by atoms with Crippen molar-refractivity contribution in [2.75, 3.05) is 13.2 Å². The molecule has 1 unspecified atom stereocenters. The summed E-state index contributed by atoms with van der Waals surface area (Å²) in [5.41, 5.74) is -0.762. The number of esters is 1. The van der Waals surface area contributed by atoms with Crippen LogP contribution in [0.3, 0.4) is 0 Å². The average Bonchev–Trinajstić information content (AvgIpc) is 2.28. The molecule has 0 spiro atoms. The lowest BCUT2D eigenvalue weighted by atomic mass is 9.77. The average molecular weight is 272 g/mol. The quantitative estimate of drug-likeness (QED) is 0.617. The molecule has 0 aromatic carbocycles. The van der Waals surface area contributed by atoms with E-state index >= 15 is 0 Å². The third-order valence-corrected chi connectivity index (χ3v) is 3.89. The van der Waals surface area contributed by atoms with Crippen molar-refractivity contribution in [1.29, 1.82) is 0 Å². The fourth-order valence-corrected chi connectivity index (χ4v) is 3.01. The van der Waals surface area contributed by atoms with E-state index < -0.39 is 13.7 Å². The number of aliphatic hydroxyl groups is 1. The van der Waals surface area contributed by atoms with Crippen molar-refractivity contribution in [1.82, 2.24) is 0 Å². The van der Waals surface area contributed by atoms with E-state index in [1.807, 2.05) is 6.08 Å². The molecule has 104 valence electrons. The van der Waals surface area contributed by atoms with Crippen LogP contribution in [0.1, 0.15) is 26.2 Å². The van der Waals surface area contributed by atoms with Crippen LogP contribution in [0, 0.1) is 5.41 Å². The van der Waals surface area contributed by atoms with Crippen molar-refractivity contribution in [2.24, 2.45) is 5.41 Å². The van der Waals surface area contributed by atoms with Crippen LogP contribution < -0.4 is 0 Å². The van der Waals surface area contributed by atoms with E-state index in [4.69, 9.17) is 9.16 Å². The van der Waals surface area contributed by atoms with Crippen LogP contribution in [0.4, 0.5) is 0 Å². The summed E-state index contributed by atoms with van der Waals surface area (Å²) in [5.74, 6) is 0.665. The summed E-state index contributed by atoms with van der Waals surface area (Å²) in [6.45, 7) is 8.36. The van der Waals surface area contributed by atoms with Crippen LogP contribution >= 0.6 is 0 Å². The van der Waals surface area contributed by atoms with Gasteiger partial charge in [-0.25, -0.2) is 0 Å². The zero-order chi connectivity index (χ0) is 13.8. The van der Waals surface area contributed by atoms with Gasteiger partial charge >= 0.3 is 5.97 Å². The lowest BCUT2D eigenvalue weighted by molar-refractivity contribution is -0.158. The van der Waals surface area contributed by atoms with Gasteiger partial charge in [0.25, 0.3) is 0 Å². The molecule has 0 bridgehead atoms. The Kier molecular flexibility index (Phi) is 4.98. The number of hydrogen-bond acceptors (Lipinski definition) is 4. The fourth-order valence-electron chi connectivity index (χ4n) is 2.04. The minimum absolute atomic E-state index is 0.164. The lowest BCUT2D eigenvalue weighted by Crippen LogP contribution is -2.38. The molecule has 0 amide bonds. The molecule has 1 aliphatic carbocycles. The Hall–Kier alpha value is -0.813. The number of allylic oxidation sites excluding steroid dienone is 2. The predicted molar refractivity (Wildman–Crippen MR) is 72.5 cm³/mol. The molecule has 0 saturated carbocycles. The summed E-state index contributed by atoms with van der Waals surface area (Å²) in [4.78, 5) is 11.9. The van der Waals surface area contributed by atoms with Crippen LogP contribution in [-0.2, 0) is 14.0 Å². The summed E-state index contributed by atoms with van der Waals surface area (Å²) in [6.07, 6.45) is 3.74. The number of hydrogen-bond donors (Lipinski definition) is 1. The normalized spacial score (nSPS) is 24.4. The van der Waals surface area contributed by atoms with Crippen LogP contribution in [0.5, 0.6) is 0 Å². The molecule has 1 N–H and O–H groups in total. The highest BCUT2D eigenvalue weighted by molar-refractivity contribution is 6.70. The maximum Gasteiger partial charge on any atom is 0.314 e. The van der Waals surface area contributed by atoms with E-state index in [-0.39, 0.29) is 12.6 Å². The SMILES string of the molecule is CCOC(=O)C1(CO)CC=C(O[Si](C)(C)C)CC1. The van der Waals surface area contributed by atoms with E-state index in [1.54, 1.807) is 6.92 Å². The molecule has 1 aliphatic rings. The molecule has 1 rings (SSSR count). The van der Waals surface area contributed by atoms with Crippen molar-refractivity contribution < 1.29 is 19.1 Å². The fraction of sp³-hybridized carbons (Fsp3) is 0.769. The number of carbonyl (C=O) groups is 1. The highest BCUT2D eigenvalue weighted by Crippen LogP contribution is 2.37. The minimum atomic E-state index is -1.59. The van der Waals surface area contributed by atoms with Gasteiger partial charge in [-0.15, -0.1) is 0 Å². The Bertz CT molecular complexity index is 332. The molecular formula is C13H24O4Si. The number of aliphatic hydroxyl groups excluding tert-OH is 1. The third-order valence-electron chi connectivity index (χ3n) is 3.02. The lowest BCUT2D eigenvalue weighted by Gasteiger charge is -2.34. The first-order chi connectivity index (χ1) is 8.33. The van der Waals surface area contributed by atoms with Gasteiger partial charge in [0.15, 0.2) is 0 Å². The van der Waals surface area contributed by atoms with Crippen molar-refractivity contribution in [2.45, 2.75) is 45.8 Å². The van der Waals surface area contributed by atoms with E-state index in [0.717, 1.165) is 5.76 Å². The van der Waals surface area contributed by atoms with Crippen molar-refractivity contribution in [3.05, 3.63) is 11.8 Å². The number of ether oxygens (including phenoxy) is 1. The number of carbonyl (C=O) groups excluding carboxylic acids is 1. The zero-order valence-electron chi connectivity index (χ0n) is 11.8. The molecule has 0 heterocycles. The zero-order valence-corrected chi connectivity index (χ0v) is 12.8. The molecule has 0 aromatic heterocycles. The molecule has 18 heavy (non-hydrogen) atoms. The van der Waals surface area contributed by atoms with Gasteiger partial charge in [0.2, 0.25) is 8.32 Å². The smallest absolute Gasteiger partial charge is 0.314 e. The van der Waals surface area contributed by atoms with E-state index in [1.165, 1.54) is 0 Å². The van der Waals surface area contributed by atoms with Gasteiger partial charge in [-0.05, 0) is 45.5 Å². The van der Waals surface area contributed by atoms with Crippen molar-refractivity contribution >= 4 is 14.3 Å². The van der Waals surface area contributed by atoms with Crippen LogP contribution in [-0.4, -0.2) is 32.6 Å². The van der Waals surface area contributed by atoms with Gasteiger partial charge in [-0.1, -0.05) is 0 Å². The minimum Gasteiger partial charge on any atom is -0.548 e. The van der Waals surface area contributed by atoms with Crippen molar-refractivity contribution in [3.8, 4) is 0 Å². The topological polar surface area (TPSA) is 55.8 Å². The summed E-state index contributed by atoms with van der Waals surface area (Å²) in [7, 11) is -1.59. The highest BCUT2D eigenvalue weighted by Gasteiger charge is 2.41. The summed E-state index contributed by atoms with van der Waals surface area (Å²) in [6, 6.07) is 0. The van der Waals surface area contributed by atoms with Gasteiger partial charge in [0, 0.05) is 6.42 Å². The second-order valence-electron chi connectivity index (χ2n) is 5.75. The van der Waals surface area contributed by atoms with Gasteiger partial charge in [-0.3, -0.25) is 4.79 Å².